The molecule has 0 spiro atoms. The number of terminal acetylenes is 1. The highest BCUT2D eigenvalue weighted by atomic mass is 16.1. The van der Waals surface area contributed by atoms with Crippen LogP contribution in [0.15, 0.2) is 30.5 Å². The zero-order valence-corrected chi connectivity index (χ0v) is 10.9. The Balaban J connectivity index is 1.80. The van der Waals surface area contributed by atoms with Crippen molar-refractivity contribution in [3.63, 3.8) is 0 Å². The number of benzene rings is 1. The average Bonchev–Trinajstić information content (AvgIpc) is 2.83. The van der Waals surface area contributed by atoms with Gasteiger partial charge in [0.15, 0.2) is 0 Å². The van der Waals surface area contributed by atoms with E-state index in [0.29, 0.717) is 19.4 Å². The van der Waals surface area contributed by atoms with Crippen molar-refractivity contribution in [2.24, 2.45) is 0 Å². The van der Waals surface area contributed by atoms with Crippen molar-refractivity contribution in [3.05, 3.63) is 36.0 Å². The summed E-state index contributed by atoms with van der Waals surface area (Å²) in [4.78, 5) is 14.8. The molecule has 0 saturated carbocycles. The molecule has 0 fully saturated rings. The van der Waals surface area contributed by atoms with E-state index in [9.17, 15) is 4.79 Å². The topological polar surface area (TPSA) is 44.9 Å². The number of aromatic nitrogens is 1. The molecule has 1 aromatic carbocycles. The fourth-order valence-corrected chi connectivity index (χ4v) is 2.14. The molecule has 0 aliphatic rings. The van der Waals surface area contributed by atoms with Gasteiger partial charge in [0, 0.05) is 36.5 Å². The first-order valence-electron chi connectivity index (χ1n) is 6.56. The summed E-state index contributed by atoms with van der Waals surface area (Å²) in [6.45, 7) is 0.572. The summed E-state index contributed by atoms with van der Waals surface area (Å²) < 4.78 is 0. The van der Waals surface area contributed by atoms with Crippen LogP contribution in [0, 0.1) is 12.3 Å². The Morgan fingerprint density at radius 2 is 2.21 bits per heavy atom. The third kappa shape index (κ3) is 3.62. The number of para-hydroxylation sites is 1. The van der Waals surface area contributed by atoms with Crippen molar-refractivity contribution in [2.45, 2.75) is 25.7 Å². The Labute approximate surface area is 113 Å². The van der Waals surface area contributed by atoms with Crippen LogP contribution in [0.4, 0.5) is 0 Å². The maximum absolute atomic E-state index is 11.5. The maximum Gasteiger partial charge on any atom is 0.220 e. The Kier molecular flexibility index (Phi) is 4.63. The number of fused-ring (bicyclic) bond motifs is 1. The molecule has 3 heteroatoms. The lowest BCUT2D eigenvalue weighted by molar-refractivity contribution is -0.121. The van der Waals surface area contributed by atoms with Crippen LogP contribution in [0.2, 0.25) is 0 Å². The van der Waals surface area contributed by atoms with Gasteiger partial charge in [0.2, 0.25) is 5.91 Å². The molecule has 19 heavy (non-hydrogen) atoms. The molecule has 0 unspecified atom stereocenters. The smallest absolute Gasteiger partial charge is 0.220 e. The van der Waals surface area contributed by atoms with Gasteiger partial charge in [-0.3, -0.25) is 4.79 Å². The van der Waals surface area contributed by atoms with Crippen LogP contribution in [0.5, 0.6) is 0 Å². The Bertz CT molecular complexity index is 592. The second-order valence-electron chi connectivity index (χ2n) is 4.52. The minimum Gasteiger partial charge on any atom is -0.361 e. The first-order chi connectivity index (χ1) is 9.31. The van der Waals surface area contributed by atoms with Gasteiger partial charge in [-0.2, -0.15) is 0 Å². The number of hydrogen-bond donors (Lipinski definition) is 2. The Hall–Kier alpha value is -2.21. The van der Waals surface area contributed by atoms with Crippen LogP contribution in [-0.4, -0.2) is 17.4 Å². The zero-order valence-electron chi connectivity index (χ0n) is 10.9. The number of H-pyrrole nitrogens is 1. The molecule has 1 amide bonds. The summed E-state index contributed by atoms with van der Waals surface area (Å²) in [5, 5.41) is 4.06. The Morgan fingerprint density at radius 3 is 3.05 bits per heavy atom. The number of carbonyl (C=O) groups is 1. The number of aryl methyl sites for hydroxylation is 1. The van der Waals surface area contributed by atoms with Crippen molar-refractivity contribution in [3.8, 4) is 12.3 Å². The number of carbonyl (C=O) groups excluding carboxylic acids is 1. The lowest BCUT2D eigenvalue weighted by Crippen LogP contribution is -2.23. The zero-order chi connectivity index (χ0) is 13.5. The van der Waals surface area contributed by atoms with Crippen molar-refractivity contribution in [1.82, 2.24) is 10.3 Å². The van der Waals surface area contributed by atoms with E-state index < -0.39 is 0 Å². The molecule has 1 aromatic heterocycles. The lowest BCUT2D eigenvalue weighted by Gasteiger charge is -2.02. The number of aromatic amines is 1. The molecule has 0 aliphatic carbocycles. The highest BCUT2D eigenvalue weighted by Gasteiger charge is 2.04. The summed E-state index contributed by atoms with van der Waals surface area (Å²) in [6, 6.07) is 8.22. The van der Waals surface area contributed by atoms with Crippen LogP contribution in [-0.2, 0) is 11.2 Å². The van der Waals surface area contributed by atoms with E-state index in [0.717, 1.165) is 18.4 Å². The molecule has 0 bridgehead atoms. The van der Waals surface area contributed by atoms with E-state index in [-0.39, 0.29) is 5.91 Å². The summed E-state index contributed by atoms with van der Waals surface area (Å²) in [7, 11) is 0. The van der Waals surface area contributed by atoms with Crippen molar-refractivity contribution in [2.75, 3.05) is 6.54 Å². The molecule has 2 N–H and O–H groups in total. The van der Waals surface area contributed by atoms with E-state index in [4.69, 9.17) is 6.42 Å². The highest BCUT2D eigenvalue weighted by Crippen LogP contribution is 2.19. The van der Waals surface area contributed by atoms with Crippen LogP contribution in [0.3, 0.4) is 0 Å². The summed E-state index contributed by atoms with van der Waals surface area (Å²) >= 11 is 0. The Morgan fingerprint density at radius 1 is 1.37 bits per heavy atom. The molecule has 3 nitrogen and oxygen atoms in total. The summed E-state index contributed by atoms with van der Waals surface area (Å²) in [5.74, 6) is 2.58. The SMILES string of the molecule is C#CCCNC(=O)CCCc1c[nH]c2ccccc12. The van der Waals surface area contributed by atoms with Gasteiger partial charge < -0.3 is 10.3 Å². The van der Waals surface area contributed by atoms with Gasteiger partial charge in [-0.1, -0.05) is 18.2 Å². The van der Waals surface area contributed by atoms with Crippen LogP contribution in [0.1, 0.15) is 24.8 Å². The van der Waals surface area contributed by atoms with Crippen molar-refractivity contribution >= 4 is 16.8 Å². The third-order valence-corrected chi connectivity index (χ3v) is 3.12. The predicted octanol–water partition coefficient (Wildman–Crippen LogP) is 2.63. The molecular weight excluding hydrogens is 236 g/mol. The second-order valence-corrected chi connectivity index (χ2v) is 4.52. The molecule has 0 atom stereocenters. The first-order valence-corrected chi connectivity index (χ1v) is 6.56. The summed E-state index contributed by atoms with van der Waals surface area (Å²) in [5.41, 5.74) is 2.42. The number of nitrogens with one attached hydrogen (secondary N) is 2. The normalized spacial score (nSPS) is 10.3. The molecule has 2 aromatic rings. The molecule has 0 saturated heterocycles. The van der Waals surface area contributed by atoms with Gasteiger partial charge in [-0.05, 0) is 24.5 Å². The predicted molar refractivity (Wildman–Crippen MR) is 77.7 cm³/mol. The van der Waals surface area contributed by atoms with Crippen LogP contribution in [0.25, 0.3) is 10.9 Å². The standard InChI is InChI=1S/C16H18N2O/c1-2-3-11-17-16(19)10-6-7-13-12-18-15-9-5-4-8-14(13)15/h1,4-5,8-9,12,18H,3,6-7,10-11H2,(H,17,19). The van der Waals surface area contributed by atoms with Gasteiger partial charge in [-0.25, -0.2) is 0 Å². The largest absolute Gasteiger partial charge is 0.361 e. The minimum atomic E-state index is 0.0788. The van der Waals surface area contributed by atoms with Gasteiger partial charge in [0.25, 0.3) is 0 Å². The van der Waals surface area contributed by atoms with E-state index in [1.165, 1.54) is 10.9 Å². The second kappa shape index (κ2) is 6.65. The van der Waals surface area contributed by atoms with Gasteiger partial charge in [0.1, 0.15) is 0 Å². The third-order valence-electron chi connectivity index (χ3n) is 3.12. The molecule has 2 rings (SSSR count). The van der Waals surface area contributed by atoms with E-state index >= 15 is 0 Å². The van der Waals surface area contributed by atoms with Crippen LogP contribution >= 0.6 is 0 Å². The molecule has 0 radical (unpaired) electrons. The summed E-state index contributed by atoms with van der Waals surface area (Å²) in [6.07, 6.45) is 10.1. The van der Waals surface area contributed by atoms with E-state index in [2.05, 4.69) is 28.4 Å². The molecule has 98 valence electrons. The first kappa shape index (κ1) is 13.2. The fourth-order valence-electron chi connectivity index (χ4n) is 2.14. The van der Waals surface area contributed by atoms with Crippen molar-refractivity contribution in [1.29, 1.82) is 0 Å². The van der Waals surface area contributed by atoms with Gasteiger partial charge in [-0.15, -0.1) is 12.3 Å². The fraction of sp³-hybridized carbons (Fsp3) is 0.312. The minimum absolute atomic E-state index is 0.0788. The average molecular weight is 254 g/mol. The lowest BCUT2D eigenvalue weighted by atomic mass is 10.1. The van der Waals surface area contributed by atoms with Crippen molar-refractivity contribution < 1.29 is 4.79 Å². The van der Waals surface area contributed by atoms with E-state index in [1.54, 1.807) is 0 Å². The number of hydrogen-bond acceptors (Lipinski definition) is 1. The monoisotopic (exact) mass is 254 g/mol. The highest BCUT2D eigenvalue weighted by molar-refractivity contribution is 5.83. The quantitative estimate of drug-likeness (QED) is 0.604. The number of rotatable bonds is 6. The maximum atomic E-state index is 11.5. The number of amides is 1. The molecule has 1 heterocycles. The molecular formula is C16H18N2O. The van der Waals surface area contributed by atoms with Crippen LogP contribution < -0.4 is 5.32 Å². The molecule has 0 aliphatic heterocycles. The van der Waals surface area contributed by atoms with Gasteiger partial charge >= 0.3 is 0 Å². The van der Waals surface area contributed by atoms with Gasteiger partial charge in [0.05, 0.1) is 0 Å². The van der Waals surface area contributed by atoms with E-state index in [1.807, 2.05) is 18.3 Å².